The highest BCUT2D eigenvalue weighted by Crippen LogP contribution is 2.16. The lowest BCUT2D eigenvalue weighted by Gasteiger charge is -2.10. The lowest BCUT2D eigenvalue weighted by Crippen LogP contribution is -2.41. The smallest absolute Gasteiger partial charge is 0.267 e. The van der Waals surface area contributed by atoms with Gasteiger partial charge in [0, 0.05) is 5.56 Å². The lowest BCUT2D eigenvalue weighted by atomic mass is 10.1. The maximum atomic E-state index is 13.1. The molecule has 0 fully saturated rings. The first-order valence-electron chi connectivity index (χ1n) is 9.06. The lowest BCUT2D eigenvalue weighted by molar-refractivity contribution is 0.0846. The van der Waals surface area contributed by atoms with Gasteiger partial charge in [-0.25, -0.2) is 9.07 Å². The van der Waals surface area contributed by atoms with E-state index in [1.54, 1.807) is 28.9 Å². The van der Waals surface area contributed by atoms with Gasteiger partial charge < -0.3 is 0 Å². The van der Waals surface area contributed by atoms with Gasteiger partial charge in [-0.05, 0) is 54.8 Å². The van der Waals surface area contributed by atoms with Crippen LogP contribution in [0.1, 0.15) is 45.8 Å². The summed E-state index contributed by atoms with van der Waals surface area (Å²) < 4.78 is 14.7. The molecule has 0 bridgehead atoms. The average Bonchev–Trinajstić information content (AvgIpc) is 3.16. The van der Waals surface area contributed by atoms with Crippen molar-refractivity contribution in [3.05, 3.63) is 82.9 Å². The summed E-state index contributed by atoms with van der Waals surface area (Å²) in [5, 5.41) is 4.23. The van der Waals surface area contributed by atoms with Crippen LogP contribution in [0, 0.1) is 5.82 Å². The van der Waals surface area contributed by atoms with Crippen molar-refractivity contribution >= 4 is 11.8 Å². The van der Waals surface area contributed by atoms with E-state index in [2.05, 4.69) is 16.0 Å². The zero-order valence-electron chi connectivity index (χ0n) is 15.7. The number of aryl methyl sites for hydroxylation is 1. The molecule has 7 heteroatoms. The molecule has 6 nitrogen and oxygen atoms in total. The second kappa shape index (κ2) is 8.47. The molecule has 1 heterocycles. The summed E-state index contributed by atoms with van der Waals surface area (Å²) in [6, 6.07) is 13.0. The van der Waals surface area contributed by atoms with Gasteiger partial charge >= 0.3 is 0 Å². The summed E-state index contributed by atoms with van der Waals surface area (Å²) >= 11 is 0. The Morgan fingerprint density at radius 1 is 0.929 bits per heavy atom. The summed E-state index contributed by atoms with van der Waals surface area (Å²) in [7, 11) is 0. The maximum Gasteiger partial charge on any atom is 0.273 e. The molecule has 0 unspecified atom stereocenters. The number of benzene rings is 2. The number of rotatable bonds is 5. The van der Waals surface area contributed by atoms with Crippen LogP contribution < -0.4 is 10.9 Å². The fourth-order valence-corrected chi connectivity index (χ4v) is 2.85. The predicted molar refractivity (Wildman–Crippen MR) is 104 cm³/mol. The molecule has 0 atom stereocenters. The van der Waals surface area contributed by atoms with Crippen LogP contribution in [-0.4, -0.2) is 21.6 Å². The Morgan fingerprint density at radius 2 is 1.57 bits per heavy atom. The SMILES string of the molecule is CCc1ccc(C(=O)NNC(=O)c2cnn(-c3ccc(F)cc3)c2CC)cc1. The van der Waals surface area contributed by atoms with Gasteiger partial charge in [0.15, 0.2) is 0 Å². The molecule has 3 rings (SSSR count). The van der Waals surface area contributed by atoms with E-state index in [0.29, 0.717) is 28.9 Å². The van der Waals surface area contributed by atoms with Crippen molar-refractivity contribution in [3.8, 4) is 5.69 Å². The van der Waals surface area contributed by atoms with Gasteiger partial charge in [0.25, 0.3) is 11.8 Å². The maximum absolute atomic E-state index is 13.1. The minimum Gasteiger partial charge on any atom is -0.267 e. The van der Waals surface area contributed by atoms with E-state index in [4.69, 9.17) is 0 Å². The second-order valence-electron chi connectivity index (χ2n) is 6.21. The summed E-state index contributed by atoms with van der Waals surface area (Å²) in [6.07, 6.45) is 2.85. The van der Waals surface area contributed by atoms with Crippen molar-refractivity contribution in [1.29, 1.82) is 0 Å². The number of carbonyl (C=O) groups excluding carboxylic acids is 2. The number of nitrogens with zero attached hydrogens (tertiary/aromatic N) is 2. The summed E-state index contributed by atoms with van der Waals surface area (Å²) in [5.74, 6) is -1.22. The van der Waals surface area contributed by atoms with Crippen molar-refractivity contribution < 1.29 is 14.0 Å². The van der Waals surface area contributed by atoms with Crippen molar-refractivity contribution in [3.63, 3.8) is 0 Å². The Kier molecular flexibility index (Phi) is 5.84. The molecule has 2 N–H and O–H groups in total. The third kappa shape index (κ3) is 4.09. The van der Waals surface area contributed by atoms with Gasteiger partial charge in [-0.2, -0.15) is 5.10 Å². The van der Waals surface area contributed by atoms with E-state index < -0.39 is 11.8 Å². The Hall–Kier alpha value is -3.48. The molecule has 2 aromatic carbocycles. The fraction of sp³-hybridized carbons (Fsp3) is 0.190. The highest BCUT2D eigenvalue weighted by molar-refractivity contribution is 5.99. The highest BCUT2D eigenvalue weighted by atomic mass is 19.1. The number of amides is 2. The van der Waals surface area contributed by atoms with Crippen molar-refractivity contribution in [2.24, 2.45) is 0 Å². The minimum absolute atomic E-state index is 0.341. The van der Waals surface area contributed by atoms with E-state index in [1.807, 2.05) is 26.0 Å². The van der Waals surface area contributed by atoms with E-state index >= 15 is 0 Å². The number of aromatic nitrogens is 2. The van der Waals surface area contributed by atoms with Crippen LogP contribution in [0.4, 0.5) is 4.39 Å². The van der Waals surface area contributed by atoms with E-state index in [-0.39, 0.29) is 5.82 Å². The number of hydrazine groups is 1. The van der Waals surface area contributed by atoms with E-state index in [0.717, 1.165) is 12.0 Å². The summed E-state index contributed by atoms with van der Waals surface area (Å²) in [5.41, 5.74) is 8.07. The molecule has 144 valence electrons. The quantitative estimate of drug-likeness (QED) is 0.668. The molecule has 0 saturated heterocycles. The average molecular weight is 380 g/mol. The first kappa shape index (κ1) is 19.3. The summed E-state index contributed by atoms with van der Waals surface area (Å²) in [6.45, 7) is 3.93. The molecule has 0 radical (unpaired) electrons. The molecule has 0 aliphatic rings. The van der Waals surface area contributed by atoms with Crippen molar-refractivity contribution in [2.45, 2.75) is 26.7 Å². The molecule has 0 aliphatic heterocycles. The fourth-order valence-electron chi connectivity index (χ4n) is 2.85. The normalized spacial score (nSPS) is 10.5. The van der Waals surface area contributed by atoms with Gasteiger partial charge in [0.1, 0.15) is 5.82 Å². The van der Waals surface area contributed by atoms with Crippen LogP contribution in [0.5, 0.6) is 0 Å². The summed E-state index contributed by atoms with van der Waals surface area (Å²) in [4.78, 5) is 24.7. The number of hydrogen-bond donors (Lipinski definition) is 2. The Labute approximate surface area is 162 Å². The molecule has 2 amide bonds. The van der Waals surface area contributed by atoms with Crippen LogP contribution >= 0.6 is 0 Å². The van der Waals surface area contributed by atoms with Gasteiger partial charge in [0.05, 0.1) is 23.1 Å². The zero-order valence-corrected chi connectivity index (χ0v) is 15.7. The second-order valence-corrected chi connectivity index (χ2v) is 6.21. The Bertz CT molecular complexity index is 979. The number of hydrogen-bond acceptors (Lipinski definition) is 3. The van der Waals surface area contributed by atoms with E-state index in [9.17, 15) is 14.0 Å². The Morgan fingerprint density at radius 3 is 2.18 bits per heavy atom. The monoisotopic (exact) mass is 380 g/mol. The number of nitrogens with one attached hydrogen (secondary N) is 2. The van der Waals surface area contributed by atoms with Gasteiger partial charge in [-0.3, -0.25) is 20.4 Å². The van der Waals surface area contributed by atoms with Crippen molar-refractivity contribution in [1.82, 2.24) is 20.6 Å². The van der Waals surface area contributed by atoms with Crippen LogP contribution in [0.25, 0.3) is 5.69 Å². The van der Waals surface area contributed by atoms with Gasteiger partial charge in [-0.1, -0.05) is 26.0 Å². The predicted octanol–water partition coefficient (Wildman–Crippen LogP) is 3.21. The zero-order chi connectivity index (χ0) is 20.1. The first-order chi connectivity index (χ1) is 13.5. The standard InChI is InChI=1S/C21H21FN4O2/c1-3-14-5-7-15(8-6-14)20(27)24-25-21(28)18-13-23-26(19(18)4-2)17-11-9-16(22)10-12-17/h5-13H,3-4H2,1-2H3,(H,24,27)(H,25,28). The Balaban J connectivity index is 1.72. The molecular formula is C21H21FN4O2. The van der Waals surface area contributed by atoms with Gasteiger partial charge in [0.2, 0.25) is 0 Å². The third-order valence-corrected chi connectivity index (χ3v) is 4.43. The topological polar surface area (TPSA) is 76.0 Å². The largest absolute Gasteiger partial charge is 0.273 e. The number of carbonyl (C=O) groups is 2. The third-order valence-electron chi connectivity index (χ3n) is 4.43. The van der Waals surface area contributed by atoms with Crippen LogP contribution in [-0.2, 0) is 12.8 Å². The van der Waals surface area contributed by atoms with Crippen LogP contribution in [0.3, 0.4) is 0 Å². The first-order valence-corrected chi connectivity index (χ1v) is 9.06. The van der Waals surface area contributed by atoms with Crippen LogP contribution in [0.2, 0.25) is 0 Å². The molecule has 0 saturated carbocycles. The molecule has 0 aliphatic carbocycles. The molecule has 0 spiro atoms. The molecular weight excluding hydrogens is 359 g/mol. The number of halogens is 1. The van der Waals surface area contributed by atoms with Crippen molar-refractivity contribution in [2.75, 3.05) is 0 Å². The molecule has 3 aromatic rings. The highest BCUT2D eigenvalue weighted by Gasteiger charge is 2.18. The van der Waals surface area contributed by atoms with E-state index in [1.165, 1.54) is 18.3 Å². The molecule has 28 heavy (non-hydrogen) atoms. The van der Waals surface area contributed by atoms with Crippen LogP contribution in [0.15, 0.2) is 54.7 Å². The minimum atomic E-state index is -0.469. The van der Waals surface area contributed by atoms with Gasteiger partial charge in [-0.15, -0.1) is 0 Å². The molecule has 1 aromatic heterocycles.